The Morgan fingerprint density at radius 3 is 2.69 bits per heavy atom. The van der Waals surface area contributed by atoms with Crippen LogP contribution in [0.4, 0.5) is 5.69 Å². The van der Waals surface area contributed by atoms with Crippen LogP contribution in [-0.2, 0) is 0 Å². The second-order valence-electron chi connectivity index (χ2n) is 4.14. The Labute approximate surface area is 107 Å². The molecule has 0 aromatic heterocycles. The SMILES string of the molecule is CCC(C)N(C)CCNc1ccccc1Br. The van der Waals surface area contributed by atoms with E-state index in [1.807, 2.05) is 12.1 Å². The molecule has 90 valence electrons. The van der Waals surface area contributed by atoms with Gasteiger partial charge in [0.2, 0.25) is 0 Å². The zero-order chi connectivity index (χ0) is 12.0. The summed E-state index contributed by atoms with van der Waals surface area (Å²) in [4.78, 5) is 2.38. The summed E-state index contributed by atoms with van der Waals surface area (Å²) in [6.45, 7) is 6.53. The van der Waals surface area contributed by atoms with E-state index in [0.717, 1.165) is 17.6 Å². The number of nitrogens with zero attached hydrogens (tertiary/aromatic N) is 1. The minimum absolute atomic E-state index is 0.654. The average molecular weight is 285 g/mol. The maximum absolute atomic E-state index is 3.53. The van der Waals surface area contributed by atoms with Crippen LogP contribution in [0.3, 0.4) is 0 Å². The van der Waals surface area contributed by atoms with Gasteiger partial charge in [-0.1, -0.05) is 19.1 Å². The molecule has 0 aliphatic carbocycles. The van der Waals surface area contributed by atoms with Crippen LogP contribution in [0.2, 0.25) is 0 Å². The molecule has 1 atom stereocenters. The van der Waals surface area contributed by atoms with Crippen LogP contribution in [0.15, 0.2) is 28.7 Å². The molecule has 0 aliphatic rings. The number of nitrogens with one attached hydrogen (secondary N) is 1. The van der Waals surface area contributed by atoms with Crippen LogP contribution >= 0.6 is 15.9 Å². The van der Waals surface area contributed by atoms with E-state index in [0.29, 0.717) is 6.04 Å². The molecule has 0 heterocycles. The maximum Gasteiger partial charge on any atom is 0.0485 e. The van der Waals surface area contributed by atoms with E-state index >= 15 is 0 Å². The van der Waals surface area contributed by atoms with Crippen LogP contribution < -0.4 is 5.32 Å². The fraction of sp³-hybridized carbons (Fsp3) is 0.538. The van der Waals surface area contributed by atoms with E-state index in [2.05, 4.69) is 59.2 Å². The highest BCUT2D eigenvalue weighted by Crippen LogP contribution is 2.20. The van der Waals surface area contributed by atoms with Crippen LogP contribution in [0, 0.1) is 0 Å². The molecule has 0 bridgehead atoms. The number of para-hydroxylation sites is 1. The largest absolute Gasteiger partial charge is 0.383 e. The molecule has 0 radical (unpaired) electrons. The number of halogens is 1. The van der Waals surface area contributed by atoms with Crippen LogP contribution in [0.1, 0.15) is 20.3 Å². The third kappa shape index (κ3) is 4.14. The Kier molecular flexibility index (Phi) is 5.85. The molecule has 1 rings (SSSR count). The number of likely N-dealkylation sites (N-methyl/N-ethyl adjacent to an activating group) is 1. The molecule has 3 heteroatoms. The lowest BCUT2D eigenvalue weighted by molar-refractivity contribution is 0.261. The van der Waals surface area contributed by atoms with Crippen molar-refractivity contribution in [2.45, 2.75) is 26.3 Å². The van der Waals surface area contributed by atoms with Crippen LogP contribution in [-0.4, -0.2) is 31.1 Å². The van der Waals surface area contributed by atoms with Gasteiger partial charge in [0.15, 0.2) is 0 Å². The predicted octanol–water partition coefficient (Wildman–Crippen LogP) is 3.59. The van der Waals surface area contributed by atoms with Gasteiger partial charge in [0, 0.05) is 29.3 Å². The molecule has 1 aromatic rings. The monoisotopic (exact) mass is 284 g/mol. The van der Waals surface area contributed by atoms with E-state index < -0.39 is 0 Å². The highest BCUT2D eigenvalue weighted by atomic mass is 79.9. The second-order valence-corrected chi connectivity index (χ2v) is 5.00. The zero-order valence-corrected chi connectivity index (χ0v) is 11.9. The van der Waals surface area contributed by atoms with Gasteiger partial charge in [0.1, 0.15) is 0 Å². The minimum atomic E-state index is 0.654. The van der Waals surface area contributed by atoms with Gasteiger partial charge in [-0.25, -0.2) is 0 Å². The molecular formula is C13H21BrN2. The van der Waals surface area contributed by atoms with Crippen molar-refractivity contribution in [3.63, 3.8) is 0 Å². The van der Waals surface area contributed by atoms with E-state index in [-0.39, 0.29) is 0 Å². The van der Waals surface area contributed by atoms with E-state index in [9.17, 15) is 0 Å². The fourth-order valence-electron chi connectivity index (χ4n) is 1.50. The second kappa shape index (κ2) is 6.92. The molecule has 16 heavy (non-hydrogen) atoms. The lowest BCUT2D eigenvalue weighted by atomic mass is 10.2. The lowest BCUT2D eigenvalue weighted by Gasteiger charge is -2.23. The Bertz CT molecular complexity index is 315. The molecule has 0 saturated carbocycles. The molecule has 0 saturated heterocycles. The zero-order valence-electron chi connectivity index (χ0n) is 10.3. The first-order valence-electron chi connectivity index (χ1n) is 5.83. The third-order valence-electron chi connectivity index (χ3n) is 3.00. The lowest BCUT2D eigenvalue weighted by Crippen LogP contribution is -2.32. The van der Waals surface area contributed by atoms with E-state index in [4.69, 9.17) is 0 Å². The predicted molar refractivity (Wildman–Crippen MR) is 75.0 cm³/mol. The Morgan fingerprint density at radius 1 is 1.38 bits per heavy atom. The average Bonchev–Trinajstić information content (AvgIpc) is 2.30. The molecule has 0 amide bonds. The maximum atomic E-state index is 3.53. The first kappa shape index (κ1) is 13.5. The van der Waals surface area contributed by atoms with Gasteiger partial charge in [-0.2, -0.15) is 0 Å². The number of hydrogen-bond acceptors (Lipinski definition) is 2. The molecule has 1 aromatic carbocycles. The Hall–Kier alpha value is -0.540. The molecule has 0 aliphatic heterocycles. The summed E-state index contributed by atoms with van der Waals surface area (Å²) in [5.74, 6) is 0. The summed E-state index contributed by atoms with van der Waals surface area (Å²) < 4.78 is 1.13. The van der Waals surface area contributed by atoms with Gasteiger partial charge < -0.3 is 10.2 Å². The van der Waals surface area contributed by atoms with Crippen LogP contribution in [0.5, 0.6) is 0 Å². The van der Waals surface area contributed by atoms with Crippen molar-refractivity contribution in [2.75, 3.05) is 25.5 Å². The standard InChI is InChI=1S/C13H21BrN2/c1-4-11(2)16(3)10-9-15-13-8-6-5-7-12(13)14/h5-8,11,15H,4,9-10H2,1-3H3. The highest BCUT2D eigenvalue weighted by molar-refractivity contribution is 9.10. The summed E-state index contributed by atoms with van der Waals surface area (Å²) in [6, 6.07) is 8.88. The number of rotatable bonds is 6. The molecule has 1 unspecified atom stereocenters. The van der Waals surface area contributed by atoms with Crippen molar-refractivity contribution in [2.24, 2.45) is 0 Å². The summed E-state index contributed by atoms with van der Waals surface area (Å²) >= 11 is 3.53. The van der Waals surface area contributed by atoms with Crippen molar-refractivity contribution in [3.8, 4) is 0 Å². The first-order chi connectivity index (χ1) is 7.65. The van der Waals surface area contributed by atoms with Crippen molar-refractivity contribution in [1.82, 2.24) is 4.90 Å². The normalized spacial score (nSPS) is 12.8. The summed E-state index contributed by atoms with van der Waals surface area (Å²) in [5.41, 5.74) is 1.17. The van der Waals surface area contributed by atoms with Crippen molar-refractivity contribution >= 4 is 21.6 Å². The first-order valence-corrected chi connectivity index (χ1v) is 6.63. The van der Waals surface area contributed by atoms with Crippen LogP contribution in [0.25, 0.3) is 0 Å². The topological polar surface area (TPSA) is 15.3 Å². The summed E-state index contributed by atoms with van der Waals surface area (Å²) in [6.07, 6.45) is 1.20. The smallest absolute Gasteiger partial charge is 0.0485 e. The number of hydrogen-bond donors (Lipinski definition) is 1. The minimum Gasteiger partial charge on any atom is -0.383 e. The number of benzene rings is 1. The quantitative estimate of drug-likeness (QED) is 0.859. The van der Waals surface area contributed by atoms with Crippen molar-refractivity contribution < 1.29 is 0 Å². The molecular weight excluding hydrogens is 264 g/mol. The fourth-order valence-corrected chi connectivity index (χ4v) is 1.93. The Balaban J connectivity index is 2.33. The van der Waals surface area contributed by atoms with E-state index in [1.54, 1.807) is 0 Å². The van der Waals surface area contributed by atoms with Gasteiger partial charge in [-0.05, 0) is 48.5 Å². The molecule has 1 N–H and O–H groups in total. The van der Waals surface area contributed by atoms with Crippen molar-refractivity contribution in [3.05, 3.63) is 28.7 Å². The van der Waals surface area contributed by atoms with E-state index in [1.165, 1.54) is 12.1 Å². The van der Waals surface area contributed by atoms with Gasteiger partial charge >= 0.3 is 0 Å². The molecule has 0 fully saturated rings. The molecule has 2 nitrogen and oxygen atoms in total. The van der Waals surface area contributed by atoms with Gasteiger partial charge in [0.25, 0.3) is 0 Å². The summed E-state index contributed by atoms with van der Waals surface area (Å²) in [5, 5.41) is 3.43. The highest BCUT2D eigenvalue weighted by Gasteiger charge is 2.05. The van der Waals surface area contributed by atoms with Gasteiger partial charge in [-0.15, -0.1) is 0 Å². The van der Waals surface area contributed by atoms with Crippen molar-refractivity contribution in [1.29, 1.82) is 0 Å². The Morgan fingerprint density at radius 2 is 2.06 bits per heavy atom. The summed E-state index contributed by atoms with van der Waals surface area (Å²) in [7, 11) is 2.18. The molecule has 0 spiro atoms. The van der Waals surface area contributed by atoms with Gasteiger partial charge in [-0.3, -0.25) is 0 Å². The third-order valence-corrected chi connectivity index (χ3v) is 3.69. The number of anilines is 1. The van der Waals surface area contributed by atoms with Gasteiger partial charge in [0.05, 0.1) is 0 Å².